The van der Waals surface area contributed by atoms with E-state index in [1.54, 1.807) is 12.1 Å². The van der Waals surface area contributed by atoms with E-state index < -0.39 is 11.7 Å². The first-order valence-electron chi connectivity index (χ1n) is 9.55. The summed E-state index contributed by atoms with van der Waals surface area (Å²) in [6.45, 7) is 4.39. The van der Waals surface area contributed by atoms with Gasteiger partial charge in [0.2, 0.25) is 0 Å². The van der Waals surface area contributed by atoms with E-state index >= 15 is 0 Å². The van der Waals surface area contributed by atoms with Crippen LogP contribution in [0.2, 0.25) is 0 Å². The number of thioether (sulfide) groups is 1. The molecule has 2 atom stereocenters. The van der Waals surface area contributed by atoms with Crippen molar-refractivity contribution in [2.75, 3.05) is 5.75 Å². The van der Waals surface area contributed by atoms with Crippen LogP contribution in [-0.4, -0.2) is 11.3 Å². The summed E-state index contributed by atoms with van der Waals surface area (Å²) in [4.78, 5) is 1.21. The maximum absolute atomic E-state index is 13.0. The Morgan fingerprint density at radius 1 is 1.07 bits per heavy atom. The van der Waals surface area contributed by atoms with Crippen LogP contribution in [-0.2, 0) is 6.18 Å². The fourth-order valence-corrected chi connectivity index (χ4v) is 5.05. The van der Waals surface area contributed by atoms with Crippen LogP contribution >= 0.6 is 11.8 Å². The minimum atomic E-state index is -4.31. The number of unbranched alkanes of at least 4 members (excludes halogenated alkanes) is 1. The Hall–Kier alpha value is -1.46. The van der Waals surface area contributed by atoms with Crippen molar-refractivity contribution >= 4 is 11.8 Å². The Morgan fingerprint density at radius 2 is 1.78 bits per heavy atom. The number of benzene rings is 2. The summed E-state index contributed by atoms with van der Waals surface area (Å²) in [5, 5.41) is 3.84. The first-order chi connectivity index (χ1) is 12.9. The lowest BCUT2D eigenvalue weighted by molar-refractivity contribution is -0.137. The zero-order valence-corrected chi connectivity index (χ0v) is 16.6. The van der Waals surface area contributed by atoms with Crippen molar-refractivity contribution in [3.8, 4) is 0 Å². The number of nitrogens with one attached hydrogen (secondary N) is 1. The summed E-state index contributed by atoms with van der Waals surface area (Å²) in [6.07, 6.45) is 0.0180. The van der Waals surface area contributed by atoms with Gasteiger partial charge < -0.3 is 0 Å². The molecule has 0 spiro atoms. The highest BCUT2D eigenvalue weighted by Gasteiger charge is 2.36. The van der Waals surface area contributed by atoms with Crippen LogP contribution in [0.3, 0.4) is 0 Å². The van der Waals surface area contributed by atoms with Crippen LogP contribution in [0.25, 0.3) is 0 Å². The Bertz CT molecular complexity index is 757. The Labute approximate surface area is 163 Å². The van der Waals surface area contributed by atoms with Gasteiger partial charge >= 0.3 is 6.18 Å². The molecule has 5 heteroatoms. The molecule has 0 bridgehead atoms. The lowest BCUT2D eigenvalue weighted by Gasteiger charge is -2.36. The van der Waals surface area contributed by atoms with Gasteiger partial charge in [-0.2, -0.15) is 13.2 Å². The van der Waals surface area contributed by atoms with Gasteiger partial charge in [-0.15, -0.1) is 11.8 Å². The molecule has 0 fully saturated rings. The third-order valence-electron chi connectivity index (χ3n) is 5.44. The van der Waals surface area contributed by atoms with E-state index in [9.17, 15) is 13.2 Å². The first-order valence-corrected chi connectivity index (χ1v) is 10.5. The topological polar surface area (TPSA) is 12.0 Å². The quantitative estimate of drug-likeness (QED) is 0.597. The maximum atomic E-state index is 13.0. The second kappa shape index (κ2) is 8.27. The number of hydrogen-bond donors (Lipinski definition) is 1. The molecule has 1 nitrogen and oxygen atoms in total. The third-order valence-corrected chi connectivity index (χ3v) is 6.82. The summed E-state index contributed by atoms with van der Waals surface area (Å²) in [5.74, 6) is 0.970. The van der Waals surface area contributed by atoms with Crippen molar-refractivity contribution in [3.63, 3.8) is 0 Å². The SMILES string of the molecule is CCCC[C@]1(CC)CSc2ccccc2[C@@H](c2ccc(C(F)(F)F)cc2)N1. The van der Waals surface area contributed by atoms with Crippen LogP contribution in [0, 0.1) is 0 Å². The number of hydrogen-bond acceptors (Lipinski definition) is 2. The maximum Gasteiger partial charge on any atom is 0.416 e. The molecule has 0 aliphatic carbocycles. The molecule has 0 saturated heterocycles. The van der Waals surface area contributed by atoms with Crippen LogP contribution in [0.5, 0.6) is 0 Å². The molecular weight excluding hydrogens is 367 g/mol. The van der Waals surface area contributed by atoms with E-state index in [0.717, 1.165) is 42.6 Å². The van der Waals surface area contributed by atoms with Gasteiger partial charge in [-0.05, 0) is 42.2 Å². The molecular formula is C22H26F3NS. The van der Waals surface area contributed by atoms with Crippen molar-refractivity contribution in [3.05, 3.63) is 65.2 Å². The summed E-state index contributed by atoms with van der Waals surface area (Å²) in [6, 6.07) is 13.8. The molecule has 3 rings (SSSR count). The molecule has 0 amide bonds. The summed E-state index contributed by atoms with van der Waals surface area (Å²) in [5.41, 5.74) is 1.41. The molecule has 1 aliphatic rings. The Kier molecular flexibility index (Phi) is 6.21. The largest absolute Gasteiger partial charge is 0.416 e. The third kappa shape index (κ3) is 4.52. The smallest absolute Gasteiger partial charge is 0.300 e. The van der Waals surface area contributed by atoms with Gasteiger partial charge in [-0.1, -0.05) is 57.0 Å². The summed E-state index contributed by atoms with van der Waals surface area (Å²) in [7, 11) is 0. The van der Waals surface area contributed by atoms with Crippen molar-refractivity contribution in [1.82, 2.24) is 5.32 Å². The van der Waals surface area contributed by atoms with Crippen LogP contribution in [0.1, 0.15) is 62.3 Å². The van der Waals surface area contributed by atoms with Crippen molar-refractivity contribution in [2.45, 2.75) is 62.2 Å². The Balaban J connectivity index is 2.01. The van der Waals surface area contributed by atoms with Gasteiger partial charge in [0.25, 0.3) is 0 Å². The van der Waals surface area contributed by atoms with Crippen molar-refractivity contribution in [2.24, 2.45) is 0 Å². The van der Waals surface area contributed by atoms with E-state index in [1.807, 2.05) is 23.9 Å². The highest BCUT2D eigenvalue weighted by Crippen LogP contribution is 2.41. The second-order valence-corrected chi connectivity index (χ2v) is 8.28. The number of halogens is 3. The molecule has 27 heavy (non-hydrogen) atoms. The molecule has 146 valence electrons. The zero-order chi connectivity index (χ0) is 19.5. The van der Waals surface area contributed by atoms with Crippen LogP contribution < -0.4 is 5.32 Å². The zero-order valence-electron chi connectivity index (χ0n) is 15.8. The lowest BCUT2D eigenvalue weighted by atomic mass is 9.88. The normalized spacial score (nSPS) is 22.9. The predicted molar refractivity (Wildman–Crippen MR) is 106 cm³/mol. The molecule has 0 radical (unpaired) electrons. The van der Waals surface area contributed by atoms with Crippen molar-refractivity contribution in [1.29, 1.82) is 0 Å². The van der Waals surface area contributed by atoms with Crippen LogP contribution in [0.15, 0.2) is 53.4 Å². The molecule has 1 heterocycles. The summed E-state index contributed by atoms with van der Waals surface area (Å²) >= 11 is 1.85. The predicted octanol–water partition coefficient (Wildman–Crippen LogP) is 6.83. The molecule has 1 aliphatic heterocycles. The van der Waals surface area contributed by atoms with E-state index in [2.05, 4.69) is 31.3 Å². The minimum Gasteiger partial charge on any atom is -0.300 e. The van der Waals surface area contributed by atoms with Gasteiger partial charge in [0, 0.05) is 16.2 Å². The second-order valence-electron chi connectivity index (χ2n) is 7.26. The monoisotopic (exact) mass is 393 g/mol. The average molecular weight is 394 g/mol. The van der Waals surface area contributed by atoms with Gasteiger partial charge in [0.1, 0.15) is 0 Å². The van der Waals surface area contributed by atoms with E-state index in [4.69, 9.17) is 0 Å². The minimum absolute atomic E-state index is 0.0208. The summed E-state index contributed by atoms with van der Waals surface area (Å²) < 4.78 is 38.9. The fraction of sp³-hybridized carbons (Fsp3) is 0.455. The molecule has 0 saturated carbocycles. The molecule has 2 aromatic rings. The van der Waals surface area contributed by atoms with Gasteiger partial charge in [0.15, 0.2) is 0 Å². The lowest BCUT2D eigenvalue weighted by Crippen LogP contribution is -2.48. The van der Waals surface area contributed by atoms with E-state index in [0.29, 0.717) is 0 Å². The van der Waals surface area contributed by atoms with Gasteiger partial charge in [-0.3, -0.25) is 5.32 Å². The Morgan fingerprint density at radius 3 is 2.41 bits per heavy atom. The molecule has 0 aromatic heterocycles. The van der Waals surface area contributed by atoms with E-state index in [-0.39, 0.29) is 11.6 Å². The standard InChI is InChI=1S/C22H26F3NS/c1-3-5-14-21(4-2)15-27-19-9-7-6-8-18(19)20(26-21)16-10-12-17(13-11-16)22(23,24)25/h6-13,20,26H,3-5,14-15H2,1-2H3/t20-,21-/m1/s1. The van der Waals surface area contributed by atoms with Crippen LogP contribution in [0.4, 0.5) is 13.2 Å². The molecule has 2 aromatic carbocycles. The number of fused-ring (bicyclic) bond motifs is 1. The molecule has 0 unspecified atom stereocenters. The fourth-order valence-electron chi connectivity index (χ4n) is 3.66. The number of rotatable bonds is 5. The molecule has 1 N–H and O–H groups in total. The first kappa shape index (κ1) is 20.3. The van der Waals surface area contributed by atoms with Crippen molar-refractivity contribution < 1.29 is 13.2 Å². The number of alkyl halides is 3. The highest BCUT2D eigenvalue weighted by atomic mass is 32.2. The van der Waals surface area contributed by atoms with E-state index in [1.165, 1.54) is 17.0 Å². The van der Waals surface area contributed by atoms with Gasteiger partial charge in [-0.25, -0.2) is 0 Å². The average Bonchev–Trinajstić information content (AvgIpc) is 2.84. The highest BCUT2D eigenvalue weighted by molar-refractivity contribution is 7.99. The van der Waals surface area contributed by atoms with Gasteiger partial charge in [0.05, 0.1) is 11.6 Å².